The molecule has 1 aliphatic heterocycles. The molecule has 0 aromatic heterocycles. The minimum Gasteiger partial charge on any atom is -0.328 e. The number of rotatable bonds is 0. The van der Waals surface area contributed by atoms with Crippen LogP contribution in [0.4, 0.5) is 0 Å². The molecule has 0 radical (unpaired) electrons. The van der Waals surface area contributed by atoms with Crippen molar-refractivity contribution < 1.29 is 0 Å². The van der Waals surface area contributed by atoms with Gasteiger partial charge in [0.1, 0.15) is 0 Å². The van der Waals surface area contributed by atoms with Gasteiger partial charge in [-0.15, -0.1) is 0 Å². The van der Waals surface area contributed by atoms with Gasteiger partial charge in [0.05, 0.1) is 11.1 Å². The van der Waals surface area contributed by atoms with Crippen LogP contribution in [0.3, 0.4) is 0 Å². The van der Waals surface area contributed by atoms with Gasteiger partial charge >= 0.3 is 0 Å². The highest BCUT2D eigenvalue weighted by molar-refractivity contribution is 5.69. The monoisotopic (exact) mass is 163 g/mol. The highest BCUT2D eigenvalue weighted by atomic mass is 16.2. The summed E-state index contributed by atoms with van der Waals surface area (Å²) in [5, 5.41) is 0. The molecule has 0 aromatic rings. The predicted octanol–water partition coefficient (Wildman–Crippen LogP) is -0.616. The van der Waals surface area contributed by atoms with Crippen molar-refractivity contribution in [2.75, 3.05) is 0 Å². The molecule has 2 rings (SSSR count). The van der Waals surface area contributed by atoms with Gasteiger partial charge in [-0.2, -0.15) is 0 Å². The number of hydrogen-bond acceptors (Lipinski definition) is 3. The molecule has 1 N–H and O–H groups in total. The third-order valence-corrected chi connectivity index (χ3v) is 2.01. The lowest BCUT2D eigenvalue weighted by Crippen LogP contribution is -2.18. The van der Waals surface area contributed by atoms with Crippen LogP contribution in [0, 0.1) is 6.92 Å². The number of aromatic amines is 1. The van der Waals surface area contributed by atoms with E-state index in [0.717, 1.165) is 0 Å². The normalized spacial score (nSPS) is 11.1. The van der Waals surface area contributed by atoms with E-state index in [-0.39, 0.29) is 22.2 Å². The third-order valence-electron chi connectivity index (χ3n) is 2.01. The lowest BCUT2D eigenvalue weighted by Gasteiger charge is -1.81. The van der Waals surface area contributed by atoms with Gasteiger partial charge in [0.15, 0.2) is 0 Å². The van der Waals surface area contributed by atoms with E-state index in [0.29, 0.717) is 0 Å². The fraction of sp³-hybridized carbons (Fsp3) is 0.125. The number of aromatic nitrogens is 1. The Morgan fingerprint density at radius 1 is 1.17 bits per heavy atom. The molecule has 60 valence electrons. The third kappa shape index (κ3) is 0.592. The first-order chi connectivity index (χ1) is 5.63. The van der Waals surface area contributed by atoms with E-state index >= 15 is 0 Å². The summed E-state index contributed by atoms with van der Waals surface area (Å²) in [6.45, 7) is 1.49. The molecule has 0 fully saturated rings. The minimum atomic E-state index is -0.583. The van der Waals surface area contributed by atoms with Crippen LogP contribution in [-0.2, 0) is 0 Å². The van der Waals surface area contributed by atoms with Crippen molar-refractivity contribution in [1.82, 2.24) is 4.98 Å². The summed E-state index contributed by atoms with van der Waals surface area (Å²) in [6, 6.07) is 0. The van der Waals surface area contributed by atoms with Gasteiger partial charge in [-0.1, -0.05) is 0 Å². The van der Waals surface area contributed by atoms with E-state index < -0.39 is 10.9 Å². The van der Waals surface area contributed by atoms with Crippen molar-refractivity contribution in [3.05, 3.63) is 42.6 Å². The fourth-order valence-corrected chi connectivity index (χ4v) is 1.36. The SMILES string of the molecule is Cc1c2c(=O)[nH]cc-2c(=O)c1=O. The van der Waals surface area contributed by atoms with Crippen LogP contribution in [0.5, 0.6) is 0 Å². The lowest BCUT2D eigenvalue weighted by molar-refractivity contribution is 1.30. The van der Waals surface area contributed by atoms with E-state index in [2.05, 4.69) is 4.98 Å². The summed E-state index contributed by atoms with van der Waals surface area (Å²) in [4.78, 5) is 35.5. The summed E-state index contributed by atoms with van der Waals surface area (Å²) >= 11 is 0. The summed E-state index contributed by atoms with van der Waals surface area (Å²) < 4.78 is 0. The molecule has 0 saturated heterocycles. The van der Waals surface area contributed by atoms with Gasteiger partial charge in [-0.3, -0.25) is 14.4 Å². The molecule has 0 atom stereocenters. The van der Waals surface area contributed by atoms with Gasteiger partial charge in [0.2, 0.25) is 10.9 Å². The summed E-state index contributed by atoms with van der Waals surface area (Å²) in [7, 11) is 0. The van der Waals surface area contributed by atoms with Crippen LogP contribution in [0.1, 0.15) is 5.56 Å². The molecule has 1 heterocycles. The zero-order valence-corrected chi connectivity index (χ0v) is 6.30. The smallest absolute Gasteiger partial charge is 0.256 e. The Balaban J connectivity index is 3.18. The molecule has 2 aliphatic rings. The molecule has 0 saturated carbocycles. The Kier molecular flexibility index (Phi) is 1.11. The molecule has 0 unspecified atom stereocenters. The average Bonchev–Trinajstić information content (AvgIpc) is 2.51. The van der Waals surface area contributed by atoms with Crippen molar-refractivity contribution in [1.29, 1.82) is 0 Å². The molecule has 4 heteroatoms. The van der Waals surface area contributed by atoms with Gasteiger partial charge in [0, 0.05) is 11.8 Å². The van der Waals surface area contributed by atoms with Crippen molar-refractivity contribution in [2.45, 2.75) is 6.92 Å². The summed E-state index contributed by atoms with van der Waals surface area (Å²) in [5.74, 6) is 0. The minimum absolute atomic E-state index is 0.211. The Bertz CT molecular complexity index is 542. The van der Waals surface area contributed by atoms with Crippen molar-refractivity contribution >= 4 is 0 Å². The highest BCUT2D eigenvalue weighted by Gasteiger charge is 2.21. The predicted molar refractivity (Wildman–Crippen MR) is 43.3 cm³/mol. The van der Waals surface area contributed by atoms with Crippen LogP contribution < -0.4 is 16.4 Å². The highest BCUT2D eigenvalue weighted by Crippen LogP contribution is 2.13. The maximum atomic E-state index is 11.1. The maximum Gasteiger partial charge on any atom is 0.256 e. The Morgan fingerprint density at radius 3 is 2.42 bits per heavy atom. The van der Waals surface area contributed by atoms with Gasteiger partial charge < -0.3 is 4.98 Å². The molecule has 0 bridgehead atoms. The fourth-order valence-electron chi connectivity index (χ4n) is 1.36. The number of H-pyrrole nitrogens is 1. The standard InChI is InChI=1S/C8H5NO3/c1-3-5-4(2-9-8(5)12)7(11)6(3)10/h2H,1H3,(H,9,12). The summed E-state index contributed by atoms with van der Waals surface area (Å²) in [5.41, 5.74) is -0.803. The van der Waals surface area contributed by atoms with Crippen LogP contribution in [0.2, 0.25) is 0 Å². The molecule has 0 amide bonds. The van der Waals surface area contributed by atoms with E-state index in [1.54, 1.807) is 0 Å². The maximum absolute atomic E-state index is 11.1. The van der Waals surface area contributed by atoms with E-state index in [4.69, 9.17) is 0 Å². The first-order valence-corrected chi connectivity index (χ1v) is 3.44. The molecule has 4 nitrogen and oxygen atoms in total. The first-order valence-electron chi connectivity index (χ1n) is 3.44. The molecular formula is C8H5NO3. The van der Waals surface area contributed by atoms with Gasteiger partial charge in [-0.05, 0) is 6.92 Å². The van der Waals surface area contributed by atoms with Crippen molar-refractivity contribution in [2.24, 2.45) is 0 Å². The first kappa shape index (κ1) is 6.97. The molecular weight excluding hydrogens is 158 g/mol. The van der Waals surface area contributed by atoms with Crippen molar-refractivity contribution in [3.63, 3.8) is 0 Å². The van der Waals surface area contributed by atoms with E-state index in [1.165, 1.54) is 13.1 Å². The topological polar surface area (TPSA) is 67.0 Å². The Hall–Kier alpha value is -1.71. The molecule has 0 aromatic carbocycles. The summed E-state index contributed by atoms with van der Waals surface area (Å²) in [6.07, 6.45) is 1.29. The van der Waals surface area contributed by atoms with Gasteiger partial charge in [0.25, 0.3) is 5.56 Å². The zero-order valence-electron chi connectivity index (χ0n) is 6.30. The quantitative estimate of drug-likeness (QED) is 0.526. The van der Waals surface area contributed by atoms with Gasteiger partial charge in [-0.25, -0.2) is 0 Å². The van der Waals surface area contributed by atoms with E-state index in [1.807, 2.05) is 0 Å². The number of hydrogen-bond donors (Lipinski definition) is 1. The number of fused-ring (bicyclic) bond motifs is 1. The second-order valence-corrected chi connectivity index (χ2v) is 2.69. The zero-order chi connectivity index (χ0) is 8.88. The largest absolute Gasteiger partial charge is 0.328 e. The van der Waals surface area contributed by atoms with E-state index in [9.17, 15) is 14.4 Å². The molecule has 0 spiro atoms. The van der Waals surface area contributed by atoms with Crippen LogP contribution >= 0.6 is 0 Å². The van der Waals surface area contributed by atoms with Crippen LogP contribution in [-0.4, -0.2) is 4.98 Å². The number of nitrogens with one attached hydrogen (secondary N) is 1. The van der Waals surface area contributed by atoms with Crippen molar-refractivity contribution in [3.8, 4) is 11.1 Å². The lowest BCUT2D eigenvalue weighted by atomic mass is 10.2. The molecule has 12 heavy (non-hydrogen) atoms. The van der Waals surface area contributed by atoms with Crippen LogP contribution in [0.25, 0.3) is 11.1 Å². The average molecular weight is 163 g/mol. The molecule has 1 aliphatic carbocycles. The second-order valence-electron chi connectivity index (χ2n) is 2.69. The van der Waals surface area contributed by atoms with Crippen LogP contribution in [0.15, 0.2) is 20.6 Å². The Morgan fingerprint density at radius 2 is 1.83 bits per heavy atom. The second kappa shape index (κ2) is 1.91. The Labute approximate surface area is 66.5 Å².